The smallest absolute Gasteiger partial charge is 0.336 e. The Labute approximate surface area is 112 Å². The topological polar surface area (TPSA) is 77.8 Å². The summed E-state index contributed by atoms with van der Waals surface area (Å²) < 4.78 is 0. The third-order valence-electron chi connectivity index (χ3n) is 3.16. The van der Waals surface area contributed by atoms with Crippen LogP contribution in [-0.2, 0) is 0 Å². The van der Waals surface area contributed by atoms with Gasteiger partial charge in [0.05, 0.1) is 23.8 Å². The van der Waals surface area contributed by atoms with Crippen LogP contribution in [0.3, 0.4) is 0 Å². The van der Waals surface area contributed by atoms with Gasteiger partial charge in [-0.1, -0.05) is 26.0 Å². The Balaban J connectivity index is 3.10. The molecule has 0 heterocycles. The van der Waals surface area contributed by atoms with Crippen LogP contribution in [-0.4, -0.2) is 46.7 Å². The predicted octanol–water partition coefficient (Wildman–Crippen LogP) is 1.47. The fourth-order valence-electron chi connectivity index (χ4n) is 1.98. The van der Waals surface area contributed by atoms with Gasteiger partial charge < -0.3 is 15.1 Å². The van der Waals surface area contributed by atoms with Gasteiger partial charge in [-0.25, -0.2) is 4.79 Å². The maximum atomic E-state index is 12.3. The van der Waals surface area contributed by atoms with Crippen molar-refractivity contribution in [1.29, 1.82) is 0 Å². The Morgan fingerprint density at radius 1 is 1.21 bits per heavy atom. The number of nitrogens with zero attached hydrogens (tertiary/aromatic N) is 1. The molecule has 1 unspecified atom stereocenters. The number of carbonyl (C=O) groups is 2. The van der Waals surface area contributed by atoms with E-state index in [1.54, 1.807) is 19.2 Å². The predicted molar refractivity (Wildman–Crippen MR) is 71.2 cm³/mol. The van der Waals surface area contributed by atoms with Gasteiger partial charge in [0, 0.05) is 7.05 Å². The molecule has 0 radical (unpaired) electrons. The highest BCUT2D eigenvalue weighted by atomic mass is 16.4. The summed E-state index contributed by atoms with van der Waals surface area (Å²) in [6.45, 7) is 3.64. The van der Waals surface area contributed by atoms with Gasteiger partial charge in [0.1, 0.15) is 0 Å². The van der Waals surface area contributed by atoms with Crippen molar-refractivity contribution >= 4 is 11.9 Å². The SMILES string of the molecule is CC(C)C(CO)N(C)C(=O)c1ccccc1C(=O)O. The van der Waals surface area contributed by atoms with E-state index >= 15 is 0 Å². The highest BCUT2D eigenvalue weighted by Gasteiger charge is 2.25. The zero-order chi connectivity index (χ0) is 14.6. The van der Waals surface area contributed by atoms with E-state index in [2.05, 4.69) is 0 Å². The molecule has 0 spiro atoms. The third kappa shape index (κ3) is 3.32. The van der Waals surface area contributed by atoms with Crippen LogP contribution >= 0.6 is 0 Å². The first-order valence-electron chi connectivity index (χ1n) is 6.10. The lowest BCUT2D eigenvalue weighted by atomic mass is 10.0. The number of aliphatic hydroxyl groups excluding tert-OH is 1. The van der Waals surface area contributed by atoms with Crippen molar-refractivity contribution in [2.24, 2.45) is 5.92 Å². The van der Waals surface area contributed by atoms with Gasteiger partial charge in [0.2, 0.25) is 0 Å². The Kier molecular flexibility index (Phi) is 5.06. The van der Waals surface area contributed by atoms with Crippen molar-refractivity contribution in [1.82, 2.24) is 4.90 Å². The molecule has 0 aliphatic rings. The van der Waals surface area contributed by atoms with Gasteiger partial charge in [-0.15, -0.1) is 0 Å². The average Bonchev–Trinajstić information content (AvgIpc) is 2.38. The van der Waals surface area contributed by atoms with Crippen molar-refractivity contribution in [3.8, 4) is 0 Å². The number of hydrogen-bond acceptors (Lipinski definition) is 3. The lowest BCUT2D eigenvalue weighted by Crippen LogP contribution is -2.43. The number of carbonyl (C=O) groups excluding carboxylic acids is 1. The minimum Gasteiger partial charge on any atom is -0.478 e. The van der Waals surface area contributed by atoms with Gasteiger partial charge in [-0.05, 0) is 18.1 Å². The summed E-state index contributed by atoms with van der Waals surface area (Å²) >= 11 is 0. The number of benzene rings is 1. The van der Waals surface area contributed by atoms with E-state index < -0.39 is 11.9 Å². The van der Waals surface area contributed by atoms with Crippen LogP contribution in [0.15, 0.2) is 24.3 Å². The molecule has 0 bridgehead atoms. The molecule has 0 aliphatic heterocycles. The van der Waals surface area contributed by atoms with Crippen LogP contribution in [0, 0.1) is 5.92 Å². The first kappa shape index (κ1) is 15.2. The van der Waals surface area contributed by atoms with Crippen molar-refractivity contribution in [3.05, 3.63) is 35.4 Å². The van der Waals surface area contributed by atoms with Crippen LogP contribution in [0.5, 0.6) is 0 Å². The molecule has 0 saturated heterocycles. The van der Waals surface area contributed by atoms with E-state index in [0.29, 0.717) is 0 Å². The molecular formula is C14H19NO4. The molecule has 0 aromatic heterocycles. The molecule has 1 rings (SSSR count). The molecule has 19 heavy (non-hydrogen) atoms. The Bertz CT molecular complexity index is 470. The number of hydrogen-bond donors (Lipinski definition) is 2. The lowest BCUT2D eigenvalue weighted by Gasteiger charge is -2.30. The number of rotatable bonds is 5. The molecule has 1 amide bonds. The van der Waals surface area contributed by atoms with Crippen LogP contribution in [0.2, 0.25) is 0 Å². The molecule has 1 aromatic rings. The summed E-state index contributed by atoms with van der Waals surface area (Å²) in [6, 6.07) is 5.74. The van der Waals surface area contributed by atoms with Crippen LogP contribution in [0.1, 0.15) is 34.6 Å². The van der Waals surface area contributed by atoms with E-state index in [1.165, 1.54) is 17.0 Å². The number of likely N-dealkylation sites (N-methyl/N-ethyl adjacent to an activating group) is 1. The molecule has 0 aliphatic carbocycles. The van der Waals surface area contributed by atoms with Crippen LogP contribution in [0.25, 0.3) is 0 Å². The summed E-state index contributed by atoms with van der Waals surface area (Å²) in [4.78, 5) is 24.8. The Morgan fingerprint density at radius 3 is 2.16 bits per heavy atom. The molecule has 0 fully saturated rings. The molecule has 0 saturated carbocycles. The van der Waals surface area contributed by atoms with Gasteiger partial charge in [0.25, 0.3) is 5.91 Å². The Morgan fingerprint density at radius 2 is 1.74 bits per heavy atom. The van der Waals surface area contributed by atoms with E-state index in [0.717, 1.165) is 0 Å². The highest BCUT2D eigenvalue weighted by molar-refractivity contribution is 6.04. The number of carboxylic acids is 1. The van der Waals surface area contributed by atoms with E-state index in [-0.39, 0.29) is 29.7 Å². The summed E-state index contributed by atoms with van der Waals surface area (Å²) in [5.41, 5.74) is 0.108. The number of amides is 1. The molecule has 1 aromatic carbocycles. The van der Waals surface area contributed by atoms with Crippen molar-refractivity contribution in [3.63, 3.8) is 0 Å². The fourth-order valence-corrected chi connectivity index (χ4v) is 1.98. The second kappa shape index (κ2) is 6.33. The van der Waals surface area contributed by atoms with Gasteiger partial charge in [-0.3, -0.25) is 4.79 Å². The third-order valence-corrected chi connectivity index (χ3v) is 3.16. The normalized spacial score (nSPS) is 12.3. The van der Waals surface area contributed by atoms with E-state index in [9.17, 15) is 14.7 Å². The Hall–Kier alpha value is -1.88. The van der Waals surface area contributed by atoms with E-state index in [4.69, 9.17) is 5.11 Å². The maximum Gasteiger partial charge on any atom is 0.336 e. The minimum atomic E-state index is -1.14. The van der Waals surface area contributed by atoms with Gasteiger partial charge in [0.15, 0.2) is 0 Å². The van der Waals surface area contributed by atoms with Gasteiger partial charge >= 0.3 is 5.97 Å². The summed E-state index contributed by atoms with van der Waals surface area (Å²) in [5, 5.41) is 18.4. The summed E-state index contributed by atoms with van der Waals surface area (Å²) in [5.74, 6) is -1.45. The molecule has 5 nitrogen and oxygen atoms in total. The zero-order valence-corrected chi connectivity index (χ0v) is 11.3. The van der Waals surface area contributed by atoms with Crippen molar-refractivity contribution in [2.75, 3.05) is 13.7 Å². The first-order valence-corrected chi connectivity index (χ1v) is 6.10. The number of carboxylic acid groups (broad SMARTS) is 1. The zero-order valence-electron chi connectivity index (χ0n) is 11.3. The maximum absolute atomic E-state index is 12.3. The highest BCUT2D eigenvalue weighted by Crippen LogP contribution is 2.16. The van der Waals surface area contributed by atoms with Gasteiger partial charge in [-0.2, -0.15) is 0 Å². The fraction of sp³-hybridized carbons (Fsp3) is 0.429. The second-order valence-electron chi connectivity index (χ2n) is 4.76. The molecule has 104 valence electrons. The second-order valence-corrected chi connectivity index (χ2v) is 4.76. The number of aromatic carboxylic acids is 1. The van der Waals surface area contributed by atoms with Crippen molar-refractivity contribution < 1.29 is 19.8 Å². The first-order chi connectivity index (χ1) is 8.90. The van der Waals surface area contributed by atoms with E-state index in [1.807, 2.05) is 13.8 Å². The lowest BCUT2D eigenvalue weighted by molar-refractivity contribution is 0.0575. The standard InChI is InChI=1S/C14H19NO4/c1-9(2)12(8-16)15(3)13(17)10-6-4-5-7-11(10)14(18)19/h4-7,9,12,16H,8H2,1-3H3,(H,18,19). The average molecular weight is 265 g/mol. The molecule has 2 N–H and O–H groups in total. The molecule has 1 atom stereocenters. The largest absolute Gasteiger partial charge is 0.478 e. The molecule has 5 heteroatoms. The quantitative estimate of drug-likeness (QED) is 0.845. The van der Waals surface area contributed by atoms with Crippen LogP contribution in [0.4, 0.5) is 0 Å². The van der Waals surface area contributed by atoms with Crippen molar-refractivity contribution in [2.45, 2.75) is 19.9 Å². The molecular weight excluding hydrogens is 246 g/mol. The summed E-state index contributed by atoms with van der Waals surface area (Å²) in [6.07, 6.45) is 0. The van der Waals surface area contributed by atoms with Crippen LogP contribution < -0.4 is 0 Å². The summed E-state index contributed by atoms with van der Waals surface area (Å²) in [7, 11) is 1.57. The monoisotopic (exact) mass is 265 g/mol. The minimum absolute atomic E-state index is 0.0280. The number of aliphatic hydroxyl groups is 1.